The second kappa shape index (κ2) is 7.33. The summed E-state index contributed by atoms with van der Waals surface area (Å²) in [5, 5.41) is 3.39. The molecule has 1 heterocycles. The maximum absolute atomic E-state index is 12.3. The smallest absolute Gasteiger partial charge is 0.258 e. The third kappa shape index (κ3) is 5.05. The Morgan fingerprint density at radius 1 is 1.24 bits per heavy atom. The summed E-state index contributed by atoms with van der Waals surface area (Å²) >= 11 is 0. The first-order valence-corrected chi connectivity index (χ1v) is 9.16. The molecule has 118 valence electrons. The van der Waals surface area contributed by atoms with Gasteiger partial charge in [-0.05, 0) is 24.5 Å². The Bertz CT molecular complexity index is 535. The van der Waals surface area contributed by atoms with Crippen molar-refractivity contribution in [2.45, 2.75) is 69.6 Å². The number of pyridine rings is 1. The average molecular weight is 311 g/mol. The van der Waals surface area contributed by atoms with Crippen LogP contribution in [0.15, 0.2) is 23.4 Å². The van der Waals surface area contributed by atoms with E-state index in [1.807, 2.05) is 6.07 Å². The Kier molecular flexibility index (Phi) is 5.72. The molecule has 0 aromatic carbocycles. The van der Waals surface area contributed by atoms with Crippen LogP contribution in [0.1, 0.15) is 51.5 Å². The Morgan fingerprint density at radius 3 is 2.52 bits per heavy atom. The molecular weight excluding hydrogens is 286 g/mol. The van der Waals surface area contributed by atoms with E-state index in [4.69, 9.17) is 0 Å². The summed E-state index contributed by atoms with van der Waals surface area (Å²) in [6, 6.07) is 3.86. The normalized spacial score (nSPS) is 17.3. The predicted octanol–water partition coefficient (Wildman–Crippen LogP) is 2.19. The quantitative estimate of drug-likeness (QED) is 0.845. The van der Waals surface area contributed by atoms with Crippen molar-refractivity contribution in [3.63, 3.8) is 0 Å². The van der Waals surface area contributed by atoms with Crippen LogP contribution < -0.4 is 10.0 Å². The molecule has 0 spiro atoms. The first-order chi connectivity index (χ1) is 9.97. The van der Waals surface area contributed by atoms with E-state index in [1.165, 1.54) is 6.42 Å². The van der Waals surface area contributed by atoms with E-state index < -0.39 is 10.0 Å². The number of rotatable bonds is 6. The summed E-state index contributed by atoms with van der Waals surface area (Å²) in [5.74, 6) is 0. The van der Waals surface area contributed by atoms with Gasteiger partial charge >= 0.3 is 0 Å². The van der Waals surface area contributed by atoms with Crippen molar-refractivity contribution in [1.29, 1.82) is 0 Å². The van der Waals surface area contributed by atoms with Crippen molar-refractivity contribution in [1.82, 2.24) is 15.0 Å². The molecule has 1 fully saturated rings. The summed E-state index contributed by atoms with van der Waals surface area (Å²) in [5.41, 5.74) is 0.986. The molecule has 1 aromatic heterocycles. The zero-order valence-electron chi connectivity index (χ0n) is 12.8. The lowest BCUT2D eigenvalue weighted by atomic mass is 9.96. The molecule has 2 N–H and O–H groups in total. The van der Waals surface area contributed by atoms with Gasteiger partial charge in [0.25, 0.3) is 10.0 Å². The van der Waals surface area contributed by atoms with Crippen molar-refractivity contribution in [2.24, 2.45) is 0 Å². The van der Waals surface area contributed by atoms with Gasteiger partial charge in [0.1, 0.15) is 0 Å². The van der Waals surface area contributed by atoms with Crippen molar-refractivity contribution < 1.29 is 8.42 Å². The summed E-state index contributed by atoms with van der Waals surface area (Å²) in [6.07, 6.45) is 6.88. The lowest BCUT2D eigenvalue weighted by Crippen LogP contribution is -2.36. The monoisotopic (exact) mass is 311 g/mol. The molecular formula is C15H25N3O2S. The van der Waals surface area contributed by atoms with Crippen LogP contribution >= 0.6 is 0 Å². The van der Waals surface area contributed by atoms with E-state index in [0.717, 1.165) is 31.2 Å². The number of hydrogen-bond donors (Lipinski definition) is 2. The predicted molar refractivity (Wildman–Crippen MR) is 83.4 cm³/mol. The Morgan fingerprint density at radius 2 is 1.95 bits per heavy atom. The SMILES string of the molecule is CC(C)NCc1ccc(S(=O)(=O)NC2CCCCC2)nc1. The van der Waals surface area contributed by atoms with E-state index >= 15 is 0 Å². The summed E-state index contributed by atoms with van der Waals surface area (Å²) < 4.78 is 27.4. The maximum atomic E-state index is 12.3. The minimum Gasteiger partial charge on any atom is -0.310 e. The third-order valence-electron chi connectivity index (χ3n) is 3.71. The maximum Gasteiger partial charge on any atom is 0.258 e. The number of aromatic nitrogens is 1. The standard InChI is InChI=1S/C15H25N3O2S/c1-12(2)16-10-13-8-9-15(17-11-13)21(19,20)18-14-6-4-3-5-7-14/h8-9,11-12,14,16,18H,3-7,10H2,1-2H3. The second-order valence-corrected chi connectivity index (χ2v) is 7.66. The van der Waals surface area contributed by atoms with Crippen LogP contribution in [0.5, 0.6) is 0 Å². The van der Waals surface area contributed by atoms with Gasteiger partial charge < -0.3 is 5.32 Å². The molecule has 1 aliphatic carbocycles. The molecule has 0 amide bonds. The number of sulfonamides is 1. The molecule has 0 bridgehead atoms. The summed E-state index contributed by atoms with van der Waals surface area (Å²) in [6.45, 7) is 4.84. The van der Waals surface area contributed by atoms with Gasteiger partial charge in [0.05, 0.1) is 0 Å². The van der Waals surface area contributed by atoms with E-state index in [2.05, 4.69) is 28.9 Å². The molecule has 0 saturated heterocycles. The van der Waals surface area contributed by atoms with Gasteiger partial charge in [-0.1, -0.05) is 39.2 Å². The molecule has 0 radical (unpaired) electrons. The lowest BCUT2D eigenvalue weighted by molar-refractivity contribution is 0.411. The van der Waals surface area contributed by atoms with Crippen LogP contribution in [-0.2, 0) is 16.6 Å². The highest BCUT2D eigenvalue weighted by Gasteiger charge is 2.22. The molecule has 6 heteroatoms. The fraction of sp³-hybridized carbons (Fsp3) is 0.667. The van der Waals surface area contributed by atoms with Gasteiger partial charge in [-0.15, -0.1) is 0 Å². The molecule has 21 heavy (non-hydrogen) atoms. The highest BCUT2D eigenvalue weighted by molar-refractivity contribution is 7.89. The Labute approximate surface area is 127 Å². The minimum atomic E-state index is -3.49. The van der Waals surface area contributed by atoms with Crippen LogP contribution in [0.3, 0.4) is 0 Å². The zero-order valence-corrected chi connectivity index (χ0v) is 13.6. The van der Waals surface area contributed by atoms with Crippen LogP contribution in [0.25, 0.3) is 0 Å². The Hall–Kier alpha value is -0.980. The molecule has 5 nitrogen and oxygen atoms in total. The average Bonchev–Trinajstić information content (AvgIpc) is 2.46. The van der Waals surface area contributed by atoms with Crippen LogP contribution in [0, 0.1) is 0 Å². The van der Waals surface area contributed by atoms with Crippen molar-refractivity contribution in [3.05, 3.63) is 23.9 Å². The molecule has 1 aliphatic rings. The Balaban J connectivity index is 1.99. The van der Waals surface area contributed by atoms with Crippen LogP contribution in [-0.4, -0.2) is 25.5 Å². The highest BCUT2D eigenvalue weighted by atomic mass is 32.2. The van der Waals surface area contributed by atoms with E-state index in [0.29, 0.717) is 12.6 Å². The topological polar surface area (TPSA) is 71.1 Å². The van der Waals surface area contributed by atoms with Crippen molar-refractivity contribution in [2.75, 3.05) is 0 Å². The summed E-state index contributed by atoms with van der Waals surface area (Å²) in [4.78, 5) is 4.10. The first-order valence-electron chi connectivity index (χ1n) is 7.68. The largest absolute Gasteiger partial charge is 0.310 e. The van der Waals surface area contributed by atoms with Gasteiger partial charge in [-0.3, -0.25) is 0 Å². The highest BCUT2D eigenvalue weighted by Crippen LogP contribution is 2.19. The van der Waals surface area contributed by atoms with Gasteiger partial charge in [0.2, 0.25) is 0 Å². The zero-order chi connectivity index (χ0) is 15.3. The lowest BCUT2D eigenvalue weighted by Gasteiger charge is -2.22. The molecule has 0 atom stereocenters. The fourth-order valence-electron chi connectivity index (χ4n) is 2.50. The molecule has 1 aromatic rings. The molecule has 0 unspecified atom stereocenters. The van der Waals surface area contributed by atoms with Crippen LogP contribution in [0.4, 0.5) is 0 Å². The van der Waals surface area contributed by atoms with Crippen molar-refractivity contribution in [3.8, 4) is 0 Å². The second-order valence-electron chi connectivity index (χ2n) is 6.00. The fourth-order valence-corrected chi connectivity index (χ4v) is 3.73. The molecule has 1 saturated carbocycles. The minimum absolute atomic E-state index is 0.0628. The van der Waals surface area contributed by atoms with E-state index in [1.54, 1.807) is 12.3 Å². The van der Waals surface area contributed by atoms with Crippen LogP contribution in [0.2, 0.25) is 0 Å². The first kappa shape index (κ1) is 16.4. The van der Waals surface area contributed by atoms with E-state index in [-0.39, 0.29) is 11.1 Å². The van der Waals surface area contributed by atoms with Gasteiger partial charge in [-0.25, -0.2) is 18.1 Å². The number of nitrogens with one attached hydrogen (secondary N) is 2. The number of nitrogens with zero attached hydrogens (tertiary/aromatic N) is 1. The van der Waals surface area contributed by atoms with Gasteiger partial charge in [0.15, 0.2) is 5.03 Å². The number of hydrogen-bond acceptors (Lipinski definition) is 4. The molecule has 2 rings (SSSR count). The third-order valence-corrected chi connectivity index (χ3v) is 5.15. The van der Waals surface area contributed by atoms with Gasteiger partial charge in [0, 0.05) is 24.8 Å². The van der Waals surface area contributed by atoms with Gasteiger partial charge in [-0.2, -0.15) is 0 Å². The molecule has 0 aliphatic heterocycles. The summed E-state index contributed by atoms with van der Waals surface area (Å²) in [7, 11) is -3.49. The van der Waals surface area contributed by atoms with Crippen molar-refractivity contribution >= 4 is 10.0 Å². The van der Waals surface area contributed by atoms with E-state index in [9.17, 15) is 8.42 Å².